The zero-order valence-electron chi connectivity index (χ0n) is 60.0. The van der Waals surface area contributed by atoms with Gasteiger partial charge in [0.05, 0.1) is 113 Å². The molecule has 0 spiro atoms. The quantitative estimate of drug-likeness (QED) is 0.0905. The molecular weight excluding hydrogens is 1370 g/mol. The first kappa shape index (κ1) is 64.6. The number of nitrogens with zero attached hydrogens (tertiary/aromatic N) is 6. The Morgan fingerprint density at radius 1 is 0.170 bits per heavy atom. The van der Waals surface area contributed by atoms with Crippen molar-refractivity contribution in [2.75, 3.05) is 0 Å². The second-order valence-electron chi connectivity index (χ2n) is 27.9. The third-order valence-corrected chi connectivity index (χ3v) is 20.9. The van der Waals surface area contributed by atoms with Gasteiger partial charge in [-0.25, -0.2) is 29.9 Å². The van der Waals surface area contributed by atoms with Crippen LogP contribution in [0.3, 0.4) is 0 Å². The lowest BCUT2D eigenvalue weighted by Gasteiger charge is -2.04. The van der Waals surface area contributed by atoms with Crippen molar-refractivity contribution in [3.8, 4) is 90.4 Å². The zero-order valence-corrected chi connectivity index (χ0v) is 60.0. The van der Waals surface area contributed by atoms with Gasteiger partial charge in [0.1, 0.15) is 0 Å². The van der Waals surface area contributed by atoms with E-state index >= 15 is 0 Å². The van der Waals surface area contributed by atoms with Crippen molar-refractivity contribution >= 4 is 139 Å². The SMILES string of the molecule is C(#Cc1c2nc(c(-c3ccccc3)c3ccc([nH]3)c(C#Cc3c4nc(c(-c5ccccc5)c5ccc(cc6nc(c(-c7ccccc7)c7ccc3[nH]7)C=C6)[nH]5)C=C4)c3nc(c(-c4ccccc4)c4ccc1[nH]4)C=C3)C=C2)c1c2nc(c(-c3ccccc3)c3ccc(cc4nc(c(-c5ccccc5)c5ccc1[nH]5)C=C4)[nH]3)C=C2. The molecule has 6 aliphatic heterocycles. The van der Waals surface area contributed by atoms with Crippen LogP contribution in [0.2, 0.25) is 0 Å². The van der Waals surface area contributed by atoms with Crippen LogP contribution < -0.4 is 0 Å². The summed E-state index contributed by atoms with van der Waals surface area (Å²) in [6, 6.07) is 92.0. The third kappa shape index (κ3) is 11.9. The molecule has 0 unspecified atom stereocenters. The van der Waals surface area contributed by atoms with Crippen LogP contribution >= 0.6 is 0 Å². The minimum Gasteiger partial charge on any atom is -0.355 e. The first-order chi connectivity index (χ1) is 55.4. The molecule has 0 atom stereocenters. The minimum absolute atomic E-state index is 0.669. The Hall–Kier alpha value is -15.8. The number of aromatic amines is 6. The highest BCUT2D eigenvalue weighted by Crippen LogP contribution is 2.40. The second-order valence-corrected chi connectivity index (χ2v) is 27.9. The summed E-state index contributed by atoms with van der Waals surface area (Å²) >= 11 is 0. The standard InChI is InChI=1S/C100H62N12/c1-7-19-61(20-8-1)95-83-39-31-67(101-83)59-68-32-40-84(102-68)96(62-21-9-2-10-22-62)88-52-44-76(106-88)71(75-43-51-87(95)105-75)35-37-73-79-47-55-91(109-79)99(65-27-15-5-16-28-65)93-57-49-81(111-93)74(82-50-58-94(112-82)100(66-29-17-6-18-30-66)92-56-48-80(73)110-92)38-36-72-77-45-53-89(107-77)97(63-23-11-3-12-24-63)85-41-33-69(103-85)60-70-34-42-86(104-70)98(64-25-13-4-14-26-64)90-54-46-78(72)108-90/h1-34,39-60,101,103,106,108-109,112H. The van der Waals surface area contributed by atoms with E-state index < -0.39 is 0 Å². The summed E-state index contributed by atoms with van der Waals surface area (Å²) in [7, 11) is 0. The number of hydrogen-bond acceptors (Lipinski definition) is 6. The lowest BCUT2D eigenvalue weighted by atomic mass is 10.0. The second kappa shape index (κ2) is 27.2. The molecule has 112 heavy (non-hydrogen) atoms. The summed E-state index contributed by atoms with van der Waals surface area (Å²) in [5.74, 6) is 15.2. The van der Waals surface area contributed by atoms with E-state index in [-0.39, 0.29) is 0 Å². The van der Waals surface area contributed by atoms with E-state index in [1.807, 2.05) is 36.4 Å². The maximum absolute atomic E-state index is 5.65. The molecule has 12 nitrogen and oxygen atoms in total. The van der Waals surface area contributed by atoms with Crippen LogP contribution in [-0.4, -0.2) is 59.8 Å². The van der Waals surface area contributed by atoms with Gasteiger partial charge >= 0.3 is 0 Å². The molecule has 6 N–H and O–H groups in total. The maximum atomic E-state index is 5.65. The number of hydrogen-bond donors (Lipinski definition) is 6. The summed E-state index contributed by atoms with van der Waals surface area (Å²) in [5.41, 5.74) is 33.6. The van der Waals surface area contributed by atoms with Crippen molar-refractivity contribution in [1.82, 2.24) is 59.8 Å². The predicted octanol–water partition coefficient (Wildman–Crippen LogP) is 23.4. The fourth-order valence-corrected chi connectivity index (χ4v) is 15.7. The summed E-state index contributed by atoms with van der Waals surface area (Å²) in [5, 5.41) is 0. The highest BCUT2D eigenvalue weighted by Gasteiger charge is 2.22. The smallest absolute Gasteiger partial charge is 0.0815 e. The van der Waals surface area contributed by atoms with Crippen LogP contribution in [0, 0.1) is 23.7 Å². The Morgan fingerprint density at radius 2 is 0.366 bits per heavy atom. The van der Waals surface area contributed by atoms with Gasteiger partial charge in [0.25, 0.3) is 0 Å². The van der Waals surface area contributed by atoms with Gasteiger partial charge in [0, 0.05) is 77.5 Å². The number of H-pyrrole nitrogens is 6. The molecule has 21 rings (SSSR count). The normalized spacial score (nSPS) is 12.3. The molecule has 6 aliphatic rings. The van der Waals surface area contributed by atoms with E-state index in [4.69, 9.17) is 29.9 Å². The molecule has 9 aromatic heterocycles. The highest BCUT2D eigenvalue weighted by atomic mass is 14.8. The number of aromatic nitrogens is 12. The van der Waals surface area contributed by atoms with E-state index in [1.54, 1.807) is 0 Å². The van der Waals surface area contributed by atoms with E-state index in [0.717, 1.165) is 179 Å². The fourth-order valence-electron chi connectivity index (χ4n) is 15.7. The third-order valence-electron chi connectivity index (χ3n) is 20.9. The van der Waals surface area contributed by atoms with E-state index in [9.17, 15) is 0 Å². The van der Waals surface area contributed by atoms with Crippen molar-refractivity contribution in [1.29, 1.82) is 0 Å². The monoisotopic (exact) mass is 1430 g/mol. The molecule has 522 valence electrons. The Bertz CT molecular complexity index is 6820. The van der Waals surface area contributed by atoms with Gasteiger partial charge in [-0.3, -0.25) is 0 Å². The minimum atomic E-state index is 0.669. The molecule has 12 heteroatoms. The fraction of sp³-hybridized carbons (Fsp3) is 0. The molecule has 15 heterocycles. The number of fused-ring (bicyclic) bond motifs is 24. The molecule has 0 saturated carbocycles. The van der Waals surface area contributed by atoms with Gasteiger partial charge < -0.3 is 29.9 Å². The summed E-state index contributed by atoms with van der Waals surface area (Å²) in [4.78, 5) is 55.9. The van der Waals surface area contributed by atoms with Crippen LogP contribution in [-0.2, 0) is 0 Å². The van der Waals surface area contributed by atoms with Gasteiger partial charge in [0.2, 0.25) is 0 Å². The van der Waals surface area contributed by atoms with Gasteiger partial charge in [-0.15, -0.1) is 0 Å². The Labute approximate surface area is 642 Å². The van der Waals surface area contributed by atoms with Crippen molar-refractivity contribution < 1.29 is 0 Å². The Kier molecular flexibility index (Phi) is 15.7. The first-order valence-corrected chi connectivity index (χ1v) is 37.2. The van der Waals surface area contributed by atoms with Crippen LogP contribution in [0.4, 0.5) is 0 Å². The van der Waals surface area contributed by atoms with Crippen molar-refractivity contribution in [3.63, 3.8) is 0 Å². The molecule has 0 radical (unpaired) electrons. The topological polar surface area (TPSA) is 172 Å². The average molecular weight is 1430 g/mol. The molecule has 6 aromatic carbocycles. The zero-order chi connectivity index (χ0) is 74.0. The molecule has 0 fully saturated rings. The predicted molar refractivity (Wildman–Crippen MR) is 461 cm³/mol. The van der Waals surface area contributed by atoms with Crippen LogP contribution in [0.1, 0.15) is 90.6 Å². The van der Waals surface area contributed by atoms with E-state index in [2.05, 4.69) is 357 Å². The van der Waals surface area contributed by atoms with Crippen LogP contribution in [0.15, 0.2) is 267 Å². The van der Waals surface area contributed by atoms with Crippen LogP contribution in [0.5, 0.6) is 0 Å². The average Bonchev–Trinajstić information content (AvgIpc) is 1.56. The number of nitrogens with one attached hydrogen (secondary N) is 6. The molecule has 24 bridgehead atoms. The summed E-state index contributed by atoms with van der Waals surface area (Å²) in [6.45, 7) is 0. The molecule has 0 saturated heterocycles. The maximum Gasteiger partial charge on any atom is 0.0815 e. The Balaban J connectivity index is 0.819. The van der Waals surface area contributed by atoms with Gasteiger partial charge in [-0.05, 0) is 191 Å². The molecule has 0 aliphatic carbocycles. The van der Waals surface area contributed by atoms with Gasteiger partial charge in [0.15, 0.2) is 0 Å². The van der Waals surface area contributed by atoms with Crippen LogP contribution in [0.25, 0.3) is 206 Å². The molecular formula is C100H62N12. The number of rotatable bonds is 6. The van der Waals surface area contributed by atoms with E-state index in [0.29, 0.717) is 45.0 Å². The van der Waals surface area contributed by atoms with Crippen molar-refractivity contribution in [2.45, 2.75) is 0 Å². The van der Waals surface area contributed by atoms with Gasteiger partial charge in [-0.2, -0.15) is 0 Å². The summed E-state index contributed by atoms with van der Waals surface area (Å²) < 4.78 is 0. The first-order valence-electron chi connectivity index (χ1n) is 37.2. The van der Waals surface area contributed by atoms with E-state index in [1.165, 1.54) is 0 Å². The lowest BCUT2D eigenvalue weighted by Crippen LogP contribution is -1.90. The Morgan fingerprint density at radius 3 is 0.616 bits per heavy atom. The number of benzene rings is 6. The van der Waals surface area contributed by atoms with Crippen molar-refractivity contribution in [3.05, 3.63) is 358 Å². The van der Waals surface area contributed by atoms with Gasteiger partial charge in [-0.1, -0.05) is 206 Å². The van der Waals surface area contributed by atoms with Crippen molar-refractivity contribution in [2.24, 2.45) is 0 Å². The lowest BCUT2D eigenvalue weighted by molar-refractivity contribution is 1.29. The highest BCUT2D eigenvalue weighted by molar-refractivity contribution is 6.00. The molecule has 15 aromatic rings. The largest absolute Gasteiger partial charge is 0.355 e. The molecule has 0 amide bonds. The summed E-state index contributed by atoms with van der Waals surface area (Å²) in [6.07, 6.45) is 25.0.